The second-order valence-electron chi connectivity index (χ2n) is 2.45. The molecule has 0 aliphatic heterocycles. The highest BCUT2D eigenvalue weighted by Gasteiger charge is 2.10. The maximum Gasteiger partial charge on any atom is 0.141 e. The average Bonchev–Trinajstić information content (AvgIpc) is 2.04. The smallest absolute Gasteiger partial charge is 0.141 e. The molecular weight excluding hydrogens is 209 g/mol. The first-order valence-corrected chi connectivity index (χ1v) is 4.24. The van der Waals surface area contributed by atoms with Crippen LogP contribution < -0.4 is 0 Å². The van der Waals surface area contributed by atoms with E-state index in [0.29, 0.717) is 21.9 Å². The molecule has 1 atom stereocenters. The second kappa shape index (κ2) is 4.27. The zero-order valence-corrected chi connectivity index (χ0v) is 8.01. The second-order valence-corrected chi connectivity index (χ2v) is 3.32. The Morgan fingerprint density at radius 3 is 2.23 bits per heavy atom. The minimum absolute atomic E-state index is 0.421. The molecule has 1 aromatic carbocycles. The topological polar surface area (TPSA) is 40.9 Å². The van der Waals surface area contributed by atoms with Crippen LogP contribution >= 0.6 is 23.2 Å². The molecule has 0 amide bonds. The van der Waals surface area contributed by atoms with Crippen molar-refractivity contribution >= 4 is 29.5 Å². The molecule has 0 aromatic heterocycles. The van der Waals surface area contributed by atoms with Crippen LogP contribution in [0.4, 0.5) is 0 Å². The first-order valence-electron chi connectivity index (χ1n) is 3.48. The molecule has 0 N–H and O–H groups in total. The summed E-state index contributed by atoms with van der Waals surface area (Å²) in [5.41, 5.74) is 0.523. The molecule has 1 aromatic rings. The van der Waals surface area contributed by atoms with Crippen LogP contribution in [0.25, 0.3) is 0 Å². The van der Waals surface area contributed by atoms with Gasteiger partial charge >= 0.3 is 0 Å². The third-order valence-corrected chi connectivity index (χ3v) is 1.96. The van der Waals surface area contributed by atoms with Gasteiger partial charge in [-0.1, -0.05) is 23.2 Å². The first-order chi connectivity index (χ1) is 6.17. The van der Waals surface area contributed by atoms with E-state index in [0.717, 1.165) is 0 Å². The Hall–Kier alpha value is -1.04. The molecule has 1 unspecified atom stereocenters. The van der Waals surface area contributed by atoms with Gasteiger partial charge in [-0.2, -0.15) is 5.26 Å². The summed E-state index contributed by atoms with van der Waals surface area (Å²) in [5.74, 6) is -0.795. The molecule has 0 saturated heterocycles. The van der Waals surface area contributed by atoms with Crippen molar-refractivity contribution < 1.29 is 4.79 Å². The Kier molecular flexibility index (Phi) is 3.30. The lowest BCUT2D eigenvalue weighted by atomic mass is 10.0. The van der Waals surface area contributed by atoms with Crippen LogP contribution in [0.3, 0.4) is 0 Å². The van der Waals surface area contributed by atoms with E-state index >= 15 is 0 Å². The Bertz CT molecular complexity index is 350. The Labute approximate surface area is 85.7 Å². The number of rotatable bonds is 2. The van der Waals surface area contributed by atoms with Crippen LogP contribution in [0.2, 0.25) is 10.0 Å². The zero-order valence-electron chi connectivity index (χ0n) is 6.50. The summed E-state index contributed by atoms with van der Waals surface area (Å²) >= 11 is 11.4. The van der Waals surface area contributed by atoms with Crippen LogP contribution in [0.15, 0.2) is 18.2 Å². The normalized spacial score (nSPS) is 11.8. The fraction of sp³-hybridized carbons (Fsp3) is 0.111. The third kappa shape index (κ3) is 2.45. The van der Waals surface area contributed by atoms with Crippen molar-refractivity contribution in [2.24, 2.45) is 0 Å². The highest BCUT2D eigenvalue weighted by atomic mass is 35.5. The Morgan fingerprint density at radius 2 is 1.85 bits per heavy atom. The van der Waals surface area contributed by atoms with Gasteiger partial charge in [-0.3, -0.25) is 0 Å². The van der Waals surface area contributed by atoms with Crippen molar-refractivity contribution in [3.63, 3.8) is 0 Å². The van der Waals surface area contributed by atoms with E-state index in [1.54, 1.807) is 18.2 Å². The number of carbonyl (C=O) groups is 1. The largest absolute Gasteiger partial charge is 0.302 e. The summed E-state index contributed by atoms with van der Waals surface area (Å²) in [6.45, 7) is 0. The van der Waals surface area contributed by atoms with Crippen LogP contribution in [0.5, 0.6) is 0 Å². The van der Waals surface area contributed by atoms with E-state index in [2.05, 4.69) is 0 Å². The van der Waals surface area contributed by atoms with Gasteiger partial charge < -0.3 is 4.79 Å². The summed E-state index contributed by atoms with van der Waals surface area (Å²) in [5, 5.41) is 9.44. The average molecular weight is 214 g/mol. The van der Waals surface area contributed by atoms with E-state index in [9.17, 15) is 4.79 Å². The van der Waals surface area contributed by atoms with Gasteiger partial charge in [-0.05, 0) is 23.8 Å². The molecular formula is C9H5Cl2NO. The van der Waals surface area contributed by atoms with Crippen molar-refractivity contribution in [1.82, 2.24) is 0 Å². The standard InChI is InChI=1S/C9H5Cl2NO/c10-8-1-6(2-9(11)3-8)7(4-12)5-13/h1-3,5,7H. The van der Waals surface area contributed by atoms with Gasteiger partial charge in [-0.15, -0.1) is 0 Å². The minimum atomic E-state index is -0.795. The lowest BCUT2D eigenvalue weighted by Crippen LogP contribution is -1.96. The highest BCUT2D eigenvalue weighted by molar-refractivity contribution is 6.34. The van der Waals surface area contributed by atoms with Crippen molar-refractivity contribution in [2.45, 2.75) is 5.92 Å². The predicted molar refractivity (Wildman–Crippen MR) is 50.9 cm³/mol. The molecule has 1 rings (SSSR count). The Morgan fingerprint density at radius 1 is 1.31 bits per heavy atom. The fourth-order valence-electron chi connectivity index (χ4n) is 0.938. The number of benzene rings is 1. The molecule has 0 saturated carbocycles. The van der Waals surface area contributed by atoms with E-state index in [1.165, 1.54) is 0 Å². The van der Waals surface area contributed by atoms with Crippen molar-refractivity contribution in [3.05, 3.63) is 33.8 Å². The van der Waals surface area contributed by atoms with Gasteiger partial charge in [-0.25, -0.2) is 0 Å². The first kappa shape index (κ1) is 10.0. The minimum Gasteiger partial charge on any atom is -0.302 e. The van der Waals surface area contributed by atoms with Crippen LogP contribution in [0, 0.1) is 11.3 Å². The molecule has 0 bridgehead atoms. The summed E-state index contributed by atoms with van der Waals surface area (Å²) < 4.78 is 0. The molecule has 0 radical (unpaired) electrons. The SMILES string of the molecule is N#CC(C=O)c1cc(Cl)cc(Cl)c1. The third-order valence-electron chi connectivity index (χ3n) is 1.52. The molecule has 0 aliphatic rings. The zero-order chi connectivity index (χ0) is 9.84. The van der Waals surface area contributed by atoms with E-state index in [1.807, 2.05) is 6.07 Å². The lowest BCUT2D eigenvalue weighted by molar-refractivity contribution is -0.108. The number of hydrogen-bond donors (Lipinski definition) is 0. The molecule has 0 fully saturated rings. The summed E-state index contributed by atoms with van der Waals surface area (Å²) in [4.78, 5) is 10.5. The van der Waals surface area contributed by atoms with Gasteiger partial charge in [0.25, 0.3) is 0 Å². The molecule has 0 heterocycles. The number of nitrogens with zero attached hydrogens (tertiary/aromatic N) is 1. The molecule has 4 heteroatoms. The van der Waals surface area contributed by atoms with Crippen molar-refractivity contribution in [2.75, 3.05) is 0 Å². The van der Waals surface area contributed by atoms with Gasteiger partial charge in [0.15, 0.2) is 0 Å². The van der Waals surface area contributed by atoms with Crippen LogP contribution in [0.1, 0.15) is 11.5 Å². The van der Waals surface area contributed by atoms with Gasteiger partial charge in [0, 0.05) is 10.0 Å². The Balaban J connectivity index is 3.15. The molecule has 2 nitrogen and oxygen atoms in total. The van der Waals surface area contributed by atoms with Crippen molar-refractivity contribution in [3.8, 4) is 6.07 Å². The molecule has 13 heavy (non-hydrogen) atoms. The molecule has 0 aliphatic carbocycles. The number of hydrogen-bond acceptors (Lipinski definition) is 2. The maximum absolute atomic E-state index is 10.5. The van der Waals surface area contributed by atoms with E-state index in [-0.39, 0.29) is 0 Å². The van der Waals surface area contributed by atoms with Gasteiger partial charge in [0.1, 0.15) is 12.2 Å². The van der Waals surface area contributed by atoms with Gasteiger partial charge in [0.2, 0.25) is 0 Å². The van der Waals surface area contributed by atoms with E-state index in [4.69, 9.17) is 28.5 Å². The predicted octanol–water partition coefficient (Wildman–Crippen LogP) is 2.80. The van der Waals surface area contributed by atoms with Crippen LogP contribution in [-0.4, -0.2) is 6.29 Å². The number of aldehydes is 1. The van der Waals surface area contributed by atoms with E-state index < -0.39 is 5.92 Å². The summed E-state index contributed by atoms with van der Waals surface area (Å²) in [6.07, 6.45) is 0.558. The number of nitriles is 1. The lowest BCUT2D eigenvalue weighted by Gasteiger charge is -2.02. The quantitative estimate of drug-likeness (QED) is 0.710. The highest BCUT2D eigenvalue weighted by Crippen LogP contribution is 2.23. The fourth-order valence-corrected chi connectivity index (χ4v) is 1.48. The molecule has 0 spiro atoms. The van der Waals surface area contributed by atoms with Crippen molar-refractivity contribution in [1.29, 1.82) is 5.26 Å². The van der Waals surface area contributed by atoms with Crippen LogP contribution in [-0.2, 0) is 4.79 Å². The summed E-state index contributed by atoms with van der Waals surface area (Å²) in [6, 6.07) is 6.49. The number of halogens is 2. The number of carbonyl (C=O) groups excluding carboxylic acids is 1. The maximum atomic E-state index is 10.5. The van der Waals surface area contributed by atoms with Gasteiger partial charge in [0.05, 0.1) is 6.07 Å². The monoisotopic (exact) mass is 213 g/mol. The summed E-state index contributed by atoms with van der Waals surface area (Å²) in [7, 11) is 0. The molecule has 66 valence electrons.